The Hall–Kier alpha value is -3.34. The number of fused-ring (bicyclic) bond motifs is 1. The number of benzene rings is 2. The van der Waals surface area contributed by atoms with Crippen LogP contribution in [0.5, 0.6) is 11.5 Å². The molecule has 0 aliphatic heterocycles. The van der Waals surface area contributed by atoms with Gasteiger partial charge in [0.2, 0.25) is 0 Å². The summed E-state index contributed by atoms with van der Waals surface area (Å²) in [6, 6.07) is 16.1. The van der Waals surface area contributed by atoms with Gasteiger partial charge in [-0.1, -0.05) is 24.6 Å². The molecule has 1 fully saturated rings. The van der Waals surface area contributed by atoms with E-state index in [4.69, 9.17) is 9.72 Å². The van der Waals surface area contributed by atoms with Gasteiger partial charge in [-0.05, 0) is 55.7 Å². The van der Waals surface area contributed by atoms with Gasteiger partial charge in [-0.25, -0.2) is 9.97 Å². The van der Waals surface area contributed by atoms with Crippen molar-refractivity contribution in [1.82, 2.24) is 14.4 Å². The highest BCUT2D eigenvalue weighted by Gasteiger charge is 2.27. The van der Waals surface area contributed by atoms with Crippen molar-refractivity contribution < 1.29 is 4.74 Å². The van der Waals surface area contributed by atoms with E-state index in [-0.39, 0.29) is 0 Å². The highest BCUT2D eigenvalue weighted by molar-refractivity contribution is 5.86. The zero-order valence-electron chi connectivity index (χ0n) is 16.7. The number of aryl methyl sites for hydroxylation is 1. The summed E-state index contributed by atoms with van der Waals surface area (Å²) in [5.74, 6) is 4.22. The average molecular weight is 384 g/mol. The SMILES string of the molecule is CNc1nccn2c(C3CCC3)nc(-c3ccc(Oc4ccccc4)c(C)c3)c12. The maximum absolute atomic E-state index is 6.05. The Labute approximate surface area is 170 Å². The molecule has 0 radical (unpaired) electrons. The number of nitrogens with one attached hydrogen (secondary N) is 1. The second kappa shape index (κ2) is 7.24. The molecule has 2 aromatic carbocycles. The molecule has 1 N–H and O–H groups in total. The third-order valence-corrected chi connectivity index (χ3v) is 5.71. The number of para-hydroxylation sites is 1. The van der Waals surface area contributed by atoms with Crippen molar-refractivity contribution in [2.24, 2.45) is 0 Å². The van der Waals surface area contributed by atoms with Crippen molar-refractivity contribution in [2.75, 3.05) is 12.4 Å². The number of hydrogen-bond donors (Lipinski definition) is 1. The van der Waals surface area contributed by atoms with Gasteiger partial charge in [0.05, 0.1) is 0 Å². The smallest absolute Gasteiger partial charge is 0.152 e. The summed E-state index contributed by atoms with van der Waals surface area (Å²) in [5.41, 5.74) is 4.16. The highest BCUT2D eigenvalue weighted by Crippen LogP contribution is 2.40. The van der Waals surface area contributed by atoms with Crippen LogP contribution >= 0.6 is 0 Å². The first-order valence-corrected chi connectivity index (χ1v) is 10.1. The normalized spacial score (nSPS) is 14.0. The molecule has 146 valence electrons. The lowest BCUT2D eigenvalue weighted by Crippen LogP contribution is -2.12. The van der Waals surface area contributed by atoms with Gasteiger partial charge in [-0.15, -0.1) is 0 Å². The van der Waals surface area contributed by atoms with Crippen LogP contribution in [-0.4, -0.2) is 21.4 Å². The van der Waals surface area contributed by atoms with Crippen molar-refractivity contribution in [2.45, 2.75) is 32.1 Å². The molecule has 0 amide bonds. The summed E-state index contributed by atoms with van der Waals surface area (Å²) in [7, 11) is 1.91. The van der Waals surface area contributed by atoms with Crippen LogP contribution < -0.4 is 10.1 Å². The first-order valence-electron chi connectivity index (χ1n) is 10.1. The minimum Gasteiger partial charge on any atom is -0.457 e. The largest absolute Gasteiger partial charge is 0.457 e. The Balaban J connectivity index is 1.59. The Morgan fingerprint density at radius 3 is 2.62 bits per heavy atom. The zero-order chi connectivity index (χ0) is 19.8. The number of rotatable bonds is 5. The van der Waals surface area contributed by atoms with Crippen LogP contribution in [0.15, 0.2) is 60.9 Å². The minimum atomic E-state index is 0.533. The third kappa shape index (κ3) is 3.12. The standard InChI is InChI=1S/C24H24N4O/c1-16-15-18(11-12-20(16)29-19-9-4-3-5-10-19)21-22-23(25-2)26-13-14-28(22)24(27-21)17-7-6-8-17/h3-5,9-15,17H,6-8H2,1-2H3,(H,25,26). The average Bonchev–Trinajstić information content (AvgIpc) is 3.08. The quantitative estimate of drug-likeness (QED) is 0.472. The highest BCUT2D eigenvalue weighted by atomic mass is 16.5. The molecule has 29 heavy (non-hydrogen) atoms. The van der Waals surface area contributed by atoms with Crippen molar-refractivity contribution in [1.29, 1.82) is 0 Å². The molecule has 1 aliphatic carbocycles. The number of ether oxygens (including phenoxy) is 1. The Morgan fingerprint density at radius 2 is 1.93 bits per heavy atom. The summed E-state index contributed by atoms with van der Waals surface area (Å²) < 4.78 is 8.26. The molecule has 5 rings (SSSR count). The molecular formula is C24H24N4O. The molecule has 0 bridgehead atoms. The van der Waals surface area contributed by atoms with E-state index in [0.29, 0.717) is 5.92 Å². The Bertz CT molecular complexity index is 1160. The molecule has 5 nitrogen and oxygen atoms in total. The van der Waals surface area contributed by atoms with Gasteiger partial charge in [-0.2, -0.15) is 0 Å². The number of hydrogen-bond acceptors (Lipinski definition) is 4. The summed E-state index contributed by atoms with van der Waals surface area (Å²) in [6.45, 7) is 2.07. The second-order valence-electron chi connectivity index (χ2n) is 7.59. The molecule has 2 heterocycles. The summed E-state index contributed by atoms with van der Waals surface area (Å²) >= 11 is 0. The van der Waals surface area contributed by atoms with Gasteiger partial charge < -0.3 is 10.1 Å². The van der Waals surface area contributed by atoms with E-state index in [9.17, 15) is 0 Å². The van der Waals surface area contributed by atoms with E-state index in [0.717, 1.165) is 45.5 Å². The summed E-state index contributed by atoms with van der Waals surface area (Å²) in [6.07, 6.45) is 7.56. The Morgan fingerprint density at radius 1 is 1.10 bits per heavy atom. The van der Waals surface area contributed by atoms with Crippen molar-refractivity contribution >= 4 is 11.3 Å². The monoisotopic (exact) mass is 384 g/mol. The number of aromatic nitrogens is 3. The van der Waals surface area contributed by atoms with Crippen LogP contribution in [0.1, 0.15) is 36.6 Å². The molecule has 1 saturated carbocycles. The van der Waals surface area contributed by atoms with Crippen LogP contribution in [-0.2, 0) is 0 Å². The predicted molar refractivity (Wildman–Crippen MR) is 116 cm³/mol. The first kappa shape index (κ1) is 17.7. The lowest BCUT2D eigenvalue weighted by atomic mass is 9.85. The van der Waals surface area contributed by atoms with Crippen LogP contribution in [0.25, 0.3) is 16.8 Å². The third-order valence-electron chi connectivity index (χ3n) is 5.71. The maximum atomic E-state index is 6.05. The molecular weight excluding hydrogens is 360 g/mol. The van der Waals surface area contributed by atoms with Gasteiger partial charge in [0.25, 0.3) is 0 Å². The fraction of sp³-hybridized carbons (Fsp3) is 0.250. The van der Waals surface area contributed by atoms with E-state index in [1.165, 1.54) is 19.3 Å². The molecule has 0 unspecified atom stereocenters. The number of imidazole rings is 1. The van der Waals surface area contributed by atoms with Crippen LogP contribution in [0.2, 0.25) is 0 Å². The minimum absolute atomic E-state index is 0.533. The van der Waals surface area contributed by atoms with Gasteiger partial charge >= 0.3 is 0 Å². The number of nitrogens with zero attached hydrogens (tertiary/aromatic N) is 3. The predicted octanol–water partition coefficient (Wildman–Crippen LogP) is 5.81. The lowest BCUT2D eigenvalue weighted by molar-refractivity contribution is 0.400. The molecule has 4 aromatic rings. The van der Waals surface area contributed by atoms with Gasteiger partial charge in [0, 0.05) is 30.9 Å². The molecule has 1 aliphatic rings. The van der Waals surface area contributed by atoms with E-state index in [2.05, 4.69) is 33.8 Å². The molecule has 0 atom stereocenters. The van der Waals surface area contributed by atoms with Crippen LogP contribution in [0.3, 0.4) is 0 Å². The second-order valence-corrected chi connectivity index (χ2v) is 7.59. The lowest BCUT2D eigenvalue weighted by Gasteiger charge is -2.23. The van der Waals surface area contributed by atoms with E-state index in [1.807, 2.05) is 55.8 Å². The topological polar surface area (TPSA) is 51.5 Å². The fourth-order valence-electron chi connectivity index (χ4n) is 3.93. The van der Waals surface area contributed by atoms with Crippen LogP contribution in [0.4, 0.5) is 5.82 Å². The molecule has 0 saturated heterocycles. The molecule has 5 heteroatoms. The number of anilines is 1. The van der Waals surface area contributed by atoms with Crippen LogP contribution in [0, 0.1) is 6.92 Å². The van der Waals surface area contributed by atoms with E-state index < -0.39 is 0 Å². The maximum Gasteiger partial charge on any atom is 0.152 e. The van der Waals surface area contributed by atoms with Crippen molar-refractivity contribution in [3.8, 4) is 22.8 Å². The Kier molecular flexibility index (Phi) is 4.43. The fourth-order valence-corrected chi connectivity index (χ4v) is 3.93. The van der Waals surface area contributed by atoms with Crippen molar-refractivity contribution in [3.05, 3.63) is 72.3 Å². The van der Waals surface area contributed by atoms with Crippen molar-refractivity contribution in [3.63, 3.8) is 0 Å². The zero-order valence-corrected chi connectivity index (χ0v) is 16.7. The van der Waals surface area contributed by atoms with Gasteiger partial charge in [-0.3, -0.25) is 4.40 Å². The summed E-state index contributed by atoms with van der Waals surface area (Å²) in [4.78, 5) is 9.61. The van der Waals surface area contributed by atoms with Gasteiger partial charge in [0.1, 0.15) is 28.5 Å². The summed E-state index contributed by atoms with van der Waals surface area (Å²) in [5, 5.41) is 3.23. The van der Waals surface area contributed by atoms with E-state index in [1.54, 1.807) is 0 Å². The van der Waals surface area contributed by atoms with Gasteiger partial charge in [0.15, 0.2) is 5.82 Å². The molecule has 0 spiro atoms. The van der Waals surface area contributed by atoms with E-state index >= 15 is 0 Å². The molecule has 2 aromatic heterocycles. The first-order chi connectivity index (χ1) is 14.2.